The maximum Gasteiger partial charge on any atom is 0.107 e. The lowest BCUT2D eigenvalue weighted by Crippen LogP contribution is -2.54. The summed E-state index contributed by atoms with van der Waals surface area (Å²) in [5, 5.41) is 0. The van der Waals surface area contributed by atoms with Crippen LogP contribution in [0.25, 0.3) is 12.2 Å². The van der Waals surface area contributed by atoms with E-state index in [1.54, 1.807) is 9.00 Å². The molecule has 6 heteroatoms. The average Bonchev–Trinajstić information content (AvgIpc) is 3.27. The molecule has 2 rings (SSSR count). The van der Waals surface area contributed by atoms with Gasteiger partial charge in [0.1, 0.15) is 16.1 Å². The molecule has 0 atom stereocenters. The first kappa shape index (κ1) is 32.5. The molecule has 2 heterocycles. The van der Waals surface area contributed by atoms with Crippen LogP contribution in [0, 0.1) is 0 Å². The second-order valence-electron chi connectivity index (χ2n) is 12.2. The van der Waals surface area contributed by atoms with Gasteiger partial charge in [0.2, 0.25) is 0 Å². The number of allylic oxidation sites excluding steroid dienone is 2. The zero-order valence-corrected chi connectivity index (χ0v) is 31.3. The van der Waals surface area contributed by atoms with Gasteiger partial charge in [-0.2, -0.15) is 0 Å². The molecule has 0 amide bonds. The first-order chi connectivity index (χ1) is 16.6. The molecule has 2 aromatic heterocycles. The summed E-state index contributed by atoms with van der Waals surface area (Å²) >= 11 is 11.8. The molecule has 0 fully saturated rings. The van der Waals surface area contributed by atoms with Crippen molar-refractivity contribution in [1.29, 1.82) is 0 Å². The van der Waals surface area contributed by atoms with E-state index in [9.17, 15) is 0 Å². The molecule has 0 radical (unpaired) electrons. The number of rotatable bonds is 11. The van der Waals surface area contributed by atoms with Gasteiger partial charge in [-0.3, -0.25) is 0 Å². The first-order valence-corrected chi connectivity index (χ1v) is 21.3. The largest absolute Gasteiger partial charge is 0.144 e. The normalized spacial score (nSPS) is 14.0. The van der Waals surface area contributed by atoms with Crippen LogP contribution in [0.1, 0.15) is 92.8 Å². The zero-order chi connectivity index (χ0) is 27.6. The van der Waals surface area contributed by atoms with Crippen molar-refractivity contribution in [1.82, 2.24) is 0 Å². The maximum atomic E-state index is 3.89. The summed E-state index contributed by atoms with van der Waals surface area (Å²) in [6, 6.07) is 4.88. The summed E-state index contributed by atoms with van der Waals surface area (Å²) in [6.45, 7) is 29.3. The Labute approximate surface area is 249 Å². The van der Waals surface area contributed by atoms with Crippen LogP contribution in [0.15, 0.2) is 33.2 Å². The Morgan fingerprint density at radius 1 is 0.528 bits per heavy atom. The average molecular weight is 689 g/mol. The summed E-state index contributed by atoms with van der Waals surface area (Å²) in [4.78, 5) is 2.68. The topological polar surface area (TPSA) is 0 Å². The standard InChI is InChI=1S/C30H48Br2S2Si2/c1-19(2)35(20(3)4,21(5)6)29-17-25(31)27(33-29)15-13-14-16-28-26(32)18-30(34-28)36(22(7)8,23(9)10)24(11)12/h13-24H,1-12H3. The lowest BCUT2D eigenvalue weighted by molar-refractivity contribution is 0.837. The van der Waals surface area contributed by atoms with Crippen LogP contribution in [0.5, 0.6) is 0 Å². The lowest BCUT2D eigenvalue weighted by Gasteiger charge is -2.42. The highest BCUT2D eigenvalue weighted by atomic mass is 79.9. The molecular weight excluding hydrogens is 640 g/mol. The van der Waals surface area contributed by atoms with Crippen molar-refractivity contribution >= 4 is 91.8 Å². The van der Waals surface area contributed by atoms with Gasteiger partial charge in [0.05, 0.1) is 0 Å². The van der Waals surface area contributed by atoms with E-state index in [-0.39, 0.29) is 0 Å². The summed E-state index contributed by atoms with van der Waals surface area (Å²) < 4.78 is 5.77. The quantitative estimate of drug-likeness (QED) is 0.163. The highest BCUT2D eigenvalue weighted by Crippen LogP contribution is 2.45. The van der Waals surface area contributed by atoms with E-state index in [0.29, 0.717) is 0 Å². The molecule has 0 aliphatic rings. The van der Waals surface area contributed by atoms with Crippen LogP contribution >= 0.6 is 54.5 Å². The smallest absolute Gasteiger partial charge is 0.107 e. The Hall–Kier alpha value is 0.274. The van der Waals surface area contributed by atoms with E-state index in [1.807, 2.05) is 22.7 Å². The van der Waals surface area contributed by atoms with E-state index in [2.05, 4.69) is 151 Å². The van der Waals surface area contributed by atoms with Crippen molar-refractivity contribution in [3.8, 4) is 0 Å². The predicted octanol–water partition coefficient (Wildman–Crippen LogP) is 11.8. The van der Waals surface area contributed by atoms with Crippen molar-refractivity contribution in [3.05, 3.63) is 43.0 Å². The third kappa shape index (κ3) is 6.04. The molecule has 0 saturated heterocycles. The minimum Gasteiger partial charge on any atom is -0.144 e. The molecule has 0 saturated carbocycles. The van der Waals surface area contributed by atoms with Gasteiger partial charge in [-0.25, -0.2) is 0 Å². The van der Waals surface area contributed by atoms with Crippen LogP contribution in [-0.4, -0.2) is 16.1 Å². The second-order valence-corrected chi connectivity index (χ2v) is 28.5. The minimum atomic E-state index is -1.63. The van der Waals surface area contributed by atoms with Gasteiger partial charge in [-0.05, 0) is 98.4 Å². The molecule has 0 aliphatic heterocycles. The lowest BCUT2D eigenvalue weighted by atomic mass is 10.3. The molecule has 0 N–H and O–H groups in total. The van der Waals surface area contributed by atoms with Crippen LogP contribution in [0.4, 0.5) is 0 Å². The summed E-state index contributed by atoms with van der Waals surface area (Å²) in [5.41, 5.74) is 4.35. The van der Waals surface area contributed by atoms with Crippen LogP contribution in [-0.2, 0) is 0 Å². The second kappa shape index (κ2) is 13.1. The van der Waals surface area contributed by atoms with Gasteiger partial charge in [0, 0.05) is 18.7 Å². The summed E-state index contributed by atoms with van der Waals surface area (Å²) in [5.74, 6) is 0. The fourth-order valence-corrected chi connectivity index (χ4v) is 29.3. The highest BCUT2D eigenvalue weighted by Gasteiger charge is 2.46. The Balaban J connectivity index is 2.37. The van der Waals surface area contributed by atoms with Crippen LogP contribution in [0.2, 0.25) is 33.2 Å². The number of hydrogen-bond donors (Lipinski definition) is 0. The Bertz CT molecular complexity index is 927. The number of thiophene rings is 2. The van der Waals surface area contributed by atoms with Gasteiger partial charge in [0.25, 0.3) is 0 Å². The SMILES string of the molecule is CC(C)[Si](c1cc(Br)c(C=CC=Cc2sc([Si](C(C)C)(C(C)C)C(C)C)cc2Br)s1)(C(C)C)C(C)C. The molecule has 0 spiro atoms. The highest BCUT2D eigenvalue weighted by molar-refractivity contribution is 9.11. The molecule has 0 nitrogen and oxygen atoms in total. The monoisotopic (exact) mass is 686 g/mol. The van der Waals surface area contributed by atoms with E-state index in [4.69, 9.17) is 0 Å². The Kier molecular flexibility index (Phi) is 11.8. The van der Waals surface area contributed by atoms with Crippen molar-refractivity contribution in [2.24, 2.45) is 0 Å². The fraction of sp³-hybridized carbons (Fsp3) is 0.600. The molecule has 0 aromatic carbocycles. The van der Waals surface area contributed by atoms with Crippen molar-refractivity contribution in [2.75, 3.05) is 0 Å². The van der Waals surface area contributed by atoms with E-state index >= 15 is 0 Å². The van der Waals surface area contributed by atoms with Crippen LogP contribution < -0.4 is 9.00 Å². The third-order valence-electron chi connectivity index (χ3n) is 8.62. The zero-order valence-electron chi connectivity index (χ0n) is 24.5. The number of hydrogen-bond acceptors (Lipinski definition) is 2. The number of halogens is 2. The molecule has 2 aromatic rings. The van der Waals surface area contributed by atoms with Crippen molar-refractivity contribution in [3.63, 3.8) is 0 Å². The fourth-order valence-electron chi connectivity index (χ4n) is 7.41. The molecule has 0 unspecified atom stereocenters. The van der Waals surface area contributed by atoms with Gasteiger partial charge < -0.3 is 0 Å². The minimum absolute atomic E-state index is 0.725. The van der Waals surface area contributed by atoms with Gasteiger partial charge >= 0.3 is 0 Å². The molecule has 36 heavy (non-hydrogen) atoms. The Morgan fingerprint density at radius 3 is 1.00 bits per heavy atom. The summed E-state index contributed by atoms with van der Waals surface area (Å²) in [6.07, 6.45) is 9.00. The molecule has 0 aliphatic carbocycles. The molecule has 0 bridgehead atoms. The van der Waals surface area contributed by atoms with E-state index < -0.39 is 16.1 Å². The van der Waals surface area contributed by atoms with E-state index in [0.717, 1.165) is 33.2 Å². The summed E-state index contributed by atoms with van der Waals surface area (Å²) in [7, 11) is -3.26. The van der Waals surface area contributed by atoms with Crippen molar-refractivity contribution < 1.29 is 0 Å². The van der Waals surface area contributed by atoms with Crippen LogP contribution in [0.3, 0.4) is 0 Å². The van der Waals surface area contributed by atoms with E-state index in [1.165, 1.54) is 18.7 Å². The van der Waals surface area contributed by atoms with Gasteiger partial charge in [0.15, 0.2) is 0 Å². The van der Waals surface area contributed by atoms with Crippen molar-refractivity contribution in [2.45, 2.75) is 116 Å². The third-order valence-corrected chi connectivity index (χ3v) is 28.5. The predicted molar refractivity (Wildman–Crippen MR) is 183 cm³/mol. The Morgan fingerprint density at radius 2 is 0.778 bits per heavy atom. The maximum absolute atomic E-state index is 3.89. The molecule has 202 valence electrons. The molecular formula is C30H48Br2S2Si2. The van der Waals surface area contributed by atoms with Gasteiger partial charge in [-0.15, -0.1) is 22.7 Å². The first-order valence-electron chi connectivity index (χ1n) is 13.6. The van der Waals surface area contributed by atoms with Gasteiger partial charge in [-0.1, -0.05) is 95.2 Å².